The molecule has 0 atom stereocenters. The predicted molar refractivity (Wildman–Crippen MR) is 169 cm³/mol. The van der Waals surface area contributed by atoms with Crippen LogP contribution in [-0.2, 0) is 5.41 Å². The van der Waals surface area contributed by atoms with Crippen molar-refractivity contribution in [1.82, 2.24) is 0 Å². The zero-order valence-corrected chi connectivity index (χ0v) is 23.0. The molecule has 0 amide bonds. The van der Waals surface area contributed by atoms with Crippen molar-refractivity contribution in [3.63, 3.8) is 0 Å². The van der Waals surface area contributed by atoms with Crippen molar-refractivity contribution in [2.24, 2.45) is 0 Å². The van der Waals surface area contributed by atoms with Crippen LogP contribution in [0, 0.1) is 0 Å². The highest BCUT2D eigenvalue weighted by molar-refractivity contribution is 6.06. The van der Waals surface area contributed by atoms with Crippen LogP contribution in [0.15, 0.2) is 138 Å². The van der Waals surface area contributed by atoms with Gasteiger partial charge in [0.25, 0.3) is 0 Å². The molecule has 1 aliphatic rings. The third-order valence-corrected chi connectivity index (χ3v) is 8.58. The van der Waals surface area contributed by atoms with Crippen LogP contribution >= 0.6 is 0 Å². The third-order valence-electron chi connectivity index (χ3n) is 8.58. The zero-order valence-electron chi connectivity index (χ0n) is 23.0. The standard InChI is InChI=1S/C39H28O2/c1-39(2)33-16-8-10-18-36(33)41-38-24-26(20-22-34(38)39)28-12-4-6-14-30(28)29-13-5-3-11-27(29)25-19-21-32-31-15-7-9-17-35(31)40-37(32)23-25/h3-24H,1-2H3. The Bertz CT molecular complexity index is 2110. The molecule has 196 valence electrons. The summed E-state index contributed by atoms with van der Waals surface area (Å²) in [6.45, 7) is 4.55. The highest BCUT2D eigenvalue weighted by Gasteiger charge is 2.34. The number of ether oxygens (including phenoxy) is 1. The average molecular weight is 529 g/mol. The van der Waals surface area contributed by atoms with E-state index in [-0.39, 0.29) is 5.41 Å². The molecule has 0 unspecified atom stereocenters. The maximum absolute atomic E-state index is 6.47. The van der Waals surface area contributed by atoms with Gasteiger partial charge in [-0.1, -0.05) is 117 Å². The summed E-state index contributed by atoms with van der Waals surface area (Å²) in [6, 6.07) is 47.1. The van der Waals surface area contributed by atoms with Crippen LogP contribution in [0.2, 0.25) is 0 Å². The molecule has 6 aromatic carbocycles. The van der Waals surface area contributed by atoms with Crippen LogP contribution in [0.25, 0.3) is 55.3 Å². The predicted octanol–water partition coefficient (Wildman–Crippen LogP) is 11.0. The quantitative estimate of drug-likeness (QED) is 0.228. The van der Waals surface area contributed by atoms with E-state index < -0.39 is 0 Å². The Balaban J connectivity index is 1.26. The second kappa shape index (κ2) is 8.97. The van der Waals surface area contributed by atoms with Crippen molar-refractivity contribution in [3.05, 3.63) is 145 Å². The molecular formula is C39H28O2. The van der Waals surface area contributed by atoms with E-state index in [1.54, 1.807) is 0 Å². The smallest absolute Gasteiger partial charge is 0.136 e. The topological polar surface area (TPSA) is 22.4 Å². The van der Waals surface area contributed by atoms with Gasteiger partial charge in [-0.25, -0.2) is 0 Å². The molecule has 7 aromatic rings. The molecule has 0 saturated heterocycles. The van der Waals surface area contributed by atoms with Crippen LogP contribution in [0.1, 0.15) is 25.0 Å². The van der Waals surface area contributed by atoms with Gasteiger partial charge >= 0.3 is 0 Å². The van der Waals surface area contributed by atoms with Gasteiger partial charge < -0.3 is 9.15 Å². The van der Waals surface area contributed by atoms with Gasteiger partial charge in [-0.3, -0.25) is 0 Å². The van der Waals surface area contributed by atoms with Crippen molar-refractivity contribution in [2.45, 2.75) is 19.3 Å². The lowest BCUT2D eigenvalue weighted by molar-refractivity contribution is 0.418. The Hall–Kier alpha value is -5.08. The number of benzene rings is 6. The van der Waals surface area contributed by atoms with E-state index in [2.05, 4.69) is 129 Å². The fraction of sp³-hybridized carbons (Fsp3) is 0.0769. The summed E-state index contributed by atoms with van der Waals surface area (Å²) in [5.41, 5.74) is 11.1. The van der Waals surface area contributed by atoms with E-state index in [0.717, 1.165) is 44.6 Å². The normalized spacial score (nSPS) is 13.5. The Morgan fingerprint density at radius 2 is 1.00 bits per heavy atom. The summed E-state index contributed by atoms with van der Waals surface area (Å²) in [4.78, 5) is 0. The number of rotatable bonds is 3. The fourth-order valence-corrected chi connectivity index (χ4v) is 6.46. The highest BCUT2D eigenvalue weighted by Crippen LogP contribution is 2.49. The van der Waals surface area contributed by atoms with Crippen molar-refractivity contribution in [3.8, 4) is 44.9 Å². The molecule has 41 heavy (non-hydrogen) atoms. The number of hydrogen-bond acceptors (Lipinski definition) is 2. The molecule has 8 rings (SSSR count). The zero-order chi connectivity index (χ0) is 27.6. The van der Waals surface area contributed by atoms with Gasteiger partial charge in [0.05, 0.1) is 0 Å². The summed E-state index contributed by atoms with van der Waals surface area (Å²) in [5, 5.41) is 2.29. The van der Waals surface area contributed by atoms with Crippen molar-refractivity contribution < 1.29 is 9.15 Å². The van der Waals surface area contributed by atoms with Gasteiger partial charge in [0, 0.05) is 27.3 Å². The Morgan fingerprint density at radius 3 is 1.78 bits per heavy atom. The molecule has 2 heterocycles. The molecule has 0 fully saturated rings. The molecule has 2 heteroatoms. The lowest BCUT2D eigenvalue weighted by Crippen LogP contribution is -2.24. The fourth-order valence-electron chi connectivity index (χ4n) is 6.46. The molecule has 1 aromatic heterocycles. The van der Waals surface area contributed by atoms with Gasteiger partial charge in [-0.2, -0.15) is 0 Å². The maximum Gasteiger partial charge on any atom is 0.136 e. The Morgan fingerprint density at radius 1 is 0.439 bits per heavy atom. The maximum atomic E-state index is 6.47. The van der Waals surface area contributed by atoms with Gasteiger partial charge in [0.2, 0.25) is 0 Å². The van der Waals surface area contributed by atoms with E-state index >= 15 is 0 Å². The minimum atomic E-state index is -0.135. The molecule has 0 N–H and O–H groups in total. The number of para-hydroxylation sites is 2. The van der Waals surface area contributed by atoms with E-state index in [1.165, 1.54) is 33.4 Å². The second-order valence-electron chi connectivity index (χ2n) is 11.3. The van der Waals surface area contributed by atoms with Crippen LogP contribution in [0.5, 0.6) is 11.5 Å². The van der Waals surface area contributed by atoms with Gasteiger partial charge in [0.1, 0.15) is 22.7 Å². The first-order valence-corrected chi connectivity index (χ1v) is 14.1. The minimum Gasteiger partial charge on any atom is -0.457 e. The van der Waals surface area contributed by atoms with Crippen LogP contribution in [0.4, 0.5) is 0 Å². The lowest BCUT2D eigenvalue weighted by Gasteiger charge is -2.34. The van der Waals surface area contributed by atoms with Gasteiger partial charge in [-0.05, 0) is 63.7 Å². The summed E-state index contributed by atoms with van der Waals surface area (Å²) < 4.78 is 12.7. The third kappa shape index (κ3) is 3.72. The van der Waals surface area contributed by atoms with Crippen molar-refractivity contribution in [1.29, 1.82) is 0 Å². The monoisotopic (exact) mass is 528 g/mol. The van der Waals surface area contributed by atoms with E-state index in [4.69, 9.17) is 9.15 Å². The molecule has 0 radical (unpaired) electrons. The summed E-state index contributed by atoms with van der Waals surface area (Å²) in [6.07, 6.45) is 0. The van der Waals surface area contributed by atoms with Gasteiger partial charge in [-0.15, -0.1) is 0 Å². The average Bonchev–Trinajstić information content (AvgIpc) is 3.39. The Kier molecular flexibility index (Phi) is 5.20. The highest BCUT2D eigenvalue weighted by atomic mass is 16.5. The van der Waals surface area contributed by atoms with E-state index in [1.807, 2.05) is 18.2 Å². The molecular weight excluding hydrogens is 500 g/mol. The summed E-state index contributed by atoms with van der Waals surface area (Å²) >= 11 is 0. The number of furan rings is 1. The van der Waals surface area contributed by atoms with E-state index in [0.29, 0.717) is 0 Å². The van der Waals surface area contributed by atoms with Crippen LogP contribution in [0.3, 0.4) is 0 Å². The second-order valence-corrected chi connectivity index (χ2v) is 11.3. The molecule has 0 aliphatic carbocycles. The molecule has 2 nitrogen and oxygen atoms in total. The summed E-state index contributed by atoms with van der Waals surface area (Å²) in [7, 11) is 0. The SMILES string of the molecule is CC1(C)c2ccccc2Oc2cc(-c3ccccc3-c3ccccc3-c3ccc4c(c3)oc3ccccc34)ccc21. The van der Waals surface area contributed by atoms with Gasteiger partial charge in [0.15, 0.2) is 0 Å². The first-order valence-electron chi connectivity index (χ1n) is 14.1. The van der Waals surface area contributed by atoms with Crippen molar-refractivity contribution >= 4 is 21.9 Å². The largest absolute Gasteiger partial charge is 0.457 e. The van der Waals surface area contributed by atoms with Crippen molar-refractivity contribution in [2.75, 3.05) is 0 Å². The molecule has 1 aliphatic heterocycles. The number of fused-ring (bicyclic) bond motifs is 5. The summed E-state index contributed by atoms with van der Waals surface area (Å²) in [5.74, 6) is 1.85. The molecule has 0 saturated carbocycles. The number of hydrogen-bond donors (Lipinski definition) is 0. The first-order chi connectivity index (χ1) is 20.1. The Labute approximate surface area is 239 Å². The van der Waals surface area contributed by atoms with E-state index in [9.17, 15) is 0 Å². The first kappa shape index (κ1) is 23.8. The van der Waals surface area contributed by atoms with Crippen LogP contribution < -0.4 is 4.74 Å². The molecule has 0 spiro atoms. The van der Waals surface area contributed by atoms with Crippen LogP contribution in [-0.4, -0.2) is 0 Å². The molecule has 0 bridgehead atoms. The minimum absolute atomic E-state index is 0.135. The lowest BCUT2D eigenvalue weighted by atomic mass is 9.75.